The topological polar surface area (TPSA) is 40.9 Å². The Hall–Kier alpha value is -2.41. The molecular formula is C21H22BrFN4O. The minimum absolute atomic E-state index is 0.0145. The summed E-state index contributed by atoms with van der Waals surface area (Å²) in [6, 6.07) is 8.52. The Labute approximate surface area is 171 Å². The molecule has 1 aromatic carbocycles. The number of carbonyl (C=O) groups excluding carboxylic acids is 1. The number of aryl methyl sites for hydroxylation is 2. The molecule has 1 aliphatic heterocycles. The van der Waals surface area contributed by atoms with Crippen LogP contribution in [-0.4, -0.2) is 46.4 Å². The van der Waals surface area contributed by atoms with Gasteiger partial charge in [-0.15, -0.1) is 0 Å². The van der Waals surface area contributed by atoms with E-state index >= 15 is 0 Å². The van der Waals surface area contributed by atoms with Gasteiger partial charge in [0, 0.05) is 38.1 Å². The van der Waals surface area contributed by atoms with Crippen LogP contribution >= 0.6 is 15.9 Å². The van der Waals surface area contributed by atoms with Crippen LogP contribution < -0.4 is 4.90 Å². The van der Waals surface area contributed by atoms with Gasteiger partial charge in [0.2, 0.25) is 0 Å². The maximum absolute atomic E-state index is 13.3. The second-order valence-electron chi connectivity index (χ2n) is 7.08. The number of pyridine rings is 1. The van der Waals surface area contributed by atoms with E-state index in [1.54, 1.807) is 12.1 Å². The number of carbonyl (C=O) groups is 1. The highest BCUT2D eigenvalue weighted by molar-refractivity contribution is 9.10. The number of anilines is 1. The van der Waals surface area contributed by atoms with Crippen LogP contribution in [0.15, 0.2) is 41.0 Å². The molecule has 3 aromatic rings. The van der Waals surface area contributed by atoms with Gasteiger partial charge < -0.3 is 9.80 Å². The van der Waals surface area contributed by atoms with Crippen molar-refractivity contribution >= 4 is 33.2 Å². The van der Waals surface area contributed by atoms with E-state index in [0.29, 0.717) is 25.2 Å². The summed E-state index contributed by atoms with van der Waals surface area (Å²) in [7, 11) is 0. The fourth-order valence-corrected chi connectivity index (χ4v) is 4.36. The van der Waals surface area contributed by atoms with Gasteiger partial charge >= 0.3 is 0 Å². The number of nitrogens with zero attached hydrogens (tertiary/aromatic N) is 4. The van der Waals surface area contributed by atoms with E-state index in [4.69, 9.17) is 0 Å². The number of rotatable bonds is 3. The molecule has 0 bridgehead atoms. The number of hydrogen-bond acceptors (Lipinski definition) is 3. The van der Waals surface area contributed by atoms with Crippen LogP contribution in [0.1, 0.15) is 28.7 Å². The van der Waals surface area contributed by atoms with Gasteiger partial charge in [0.1, 0.15) is 11.5 Å². The van der Waals surface area contributed by atoms with Crippen molar-refractivity contribution in [2.75, 3.05) is 31.1 Å². The molecule has 0 unspecified atom stereocenters. The molecule has 1 amide bonds. The van der Waals surface area contributed by atoms with E-state index in [2.05, 4.69) is 25.8 Å². The summed E-state index contributed by atoms with van der Waals surface area (Å²) in [5.74, 6) is -0.223. The molecule has 0 radical (unpaired) electrons. The van der Waals surface area contributed by atoms with Gasteiger partial charge in [0.15, 0.2) is 5.65 Å². The molecule has 0 aliphatic carbocycles. The number of hydrogen-bond donors (Lipinski definition) is 0. The standard InChI is InChI=1S/C21H22BrFN4O/c1-3-18-19(27-13-14(2)12-17(22)20(27)24-18)21(28)26-10-8-25(9-11-26)16-6-4-15(23)5-7-16/h4-7,12-13H,3,8-11H2,1-2H3. The summed E-state index contributed by atoms with van der Waals surface area (Å²) in [6.07, 6.45) is 2.66. The Morgan fingerprint density at radius 3 is 2.50 bits per heavy atom. The first-order valence-electron chi connectivity index (χ1n) is 9.44. The van der Waals surface area contributed by atoms with Crippen molar-refractivity contribution < 1.29 is 9.18 Å². The summed E-state index contributed by atoms with van der Waals surface area (Å²) in [4.78, 5) is 22.1. The Kier molecular flexibility index (Phi) is 5.10. The lowest BCUT2D eigenvalue weighted by Gasteiger charge is -2.36. The highest BCUT2D eigenvalue weighted by Gasteiger charge is 2.27. The number of benzene rings is 1. The third-order valence-corrected chi connectivity index (χ3v) is 5.76. The number of fused-ring (bicyclic) bond motifs is 1. The average Bonchev–Trinajstić information content (AvgIpc) is 3.07. The third-order valence-electron chi connectivity index (χ3n) is 5.18. The van der Waals surface area contributed by atoms with Crippen molar-refractivity contribution in [1.82, 2.24) is 14.3 Å². The summed E-state index contributed by atoms with van der Waals surface area (Å²) >= 11 is 3.57. The van der Waals surface area contributed by atoms with Crippen molar-refractivity contribution in [2.45, 2.75) is 20.3 Å². The predicted molar refractivity (Wildman–Crippen MR) is 112 cm³/mol. The van der Waals surface area contributed by atoms with Gasteiger partial charge in [-0.25, -0.2) is 9.37 Å². The van der Waals surface area contributed by atoms with E-state index in [1.807, 2.05) is 35.4 Å². The molecule has 2 aromatic heterocycles. The molecule has 7 heteroatoms. The van der Waals surface area contributed by atoms with Crippen LogP contribution in [0.4, 0.5) is 10.1 Å². The molecule has 1 fully saturated rings. The summed E-state index contributed by atoms with van der Waals surface area (Å²) in [5.41, 5.74) is 4.29. The van der Waals surface area contributed by atoms with Crippen LogP contribution in [0.25, 0.3) is 5.65 Å². The monoisotopic (exact) mass is 444 g/mol. The number of amides is 1. The number of imidazole rings is 1. The fourth-order valence-electron chi connectivity index (χ4n) is 3.72. The smallest absolute Gasteiger partial charge is 0.272 e. The zero-order valence-electron chi connectivity index (χ0n) is 16.0. The van der Waals surface area contributed by atoms with Crippen molar-refractivity contribution in [3.8, 4) is 0 Å². The van der Waals surface area contributed by atoms with Gasteiger partial charge in [-0.3, -0.25) is 9.20 Å². The second kappa shape index (κ2) is 7.54. The minimum atomic E-state index is -0.237. The van der Waals surface area contributed by atoms with Crippen LogP contribution in [0.2, 0.25) is 0 Å². The first-order valence-corrected chi connectivity index (χ1v) is 10.2. The molecule has 3 heterocycles. The summed E-state index contributed by atoms with van der Waals surface area (Å²) in [6.45, 7) is 6.72. The molecule has 1 aliphatic rings. The molecular weight excluding hydrogens is 423 g/mol. The van der Waals surface area contributed by atoms with Crippen molar-refractivity contribution in [1.29, 1.82) is 0 Å². The Morgan fingerprint density at radius 1 is 1.18 bits per heavy atom. The maximum Gasteiger partial charge on any atom is 0.272 e. The van der Waals surface area contributed by atoms with Crippen molar-refractivity contribution in [3.63, 3.8) is 0 Å². The molecule has 0 N–H and O–H groups in total. The summed E-state index contributed by atoms with van der Waals surface area (Å²) in [5, 5.41) is 0. The van der Waals surface area contributed by atoms with Crippen LogP contribution in [0.5, 0.6) is 0 Å². The fraction of sp³-hybridized carbons (Fsp3) is 0.333. The molecule has 28 heavy (non-hydrogen) atoms. The molecule has 1 saturated heterocycles. The summed E-state index contributed by atoms with van der Waals surface area (Å²) < 4.78 is 16.0. The maximum atomic E-state index is 13.3. The van der Waals surface area contributed by atoms with Gasteiger partial charge in [-0.2, -0.15) is 0 Å². The normalized spacial score (nSPS) is 14.7. The van der Waals surface area contributed by atoms with Gasteiger partial charge in [0.25, 0.3) is 5.91 Å². The zero-order chi connectivity index (χ0) is 19.8. The van der Waals surface area contributed by atoms with E-state index in [1.165, 1.54) is 12.1 Å². The quantitative estimate of drug-likeness (QED) is 0.611. The number of aromatic nitrogens is 2. The highest BCUT2D eigenvalue weighted by Crippen LogP contribution is 2.25. The molecule has 4 rings (SSSR count). The van der Waals surface area contributed by atoms with Crippen LogP contribution in [0, 0.1) is 12.7 Å². The van der Waals surface area contributed by atoms with E-state index in [0.717, 1.165) is 40.2 Å². The van der Waals surface area contributed by atoms with E-state index in [-0.39, 0.29) is 11.7 Å². The highest BCUT2D eigenvalue weighted by atomic mass is 79.9. The van der Waals surface area contributed by atoms with Crippen molar-refractivity contribution in [3.05, 3.63) is 63.8 Å². The number of piperazine rings is 1. The van der Waals surface area contributed by atoms with Gasteiger partial charge in [0.05, 0.1) is 10.2 Å². The molecule has 0 atom stereocenters. The average molecular weight is 445 g/mol. The molecule has 146 valence electrons. The largest absolute Gasteiger partial charge is 0.368 e. The minimum Gasteiger partial charge on any atom is -0.368 e. The third kappa shape index (κ3) is 3.39. The van der Waals surface area contributed by atoms with E-state index < -0.39 is 0 Å². The van der Waals surface area contributed by atoms with Crippen molar-refractivity contribution in [2.24, 2.45) is 0 Å². The predicted octanol–water partition coefficient (Wildman–Crippen LogP) is 4.07. The first kappa shape index (κ1) is 18.9. The lowest BCUT2D eigenvalue weighted by Crippen LogP contribution is -2.49. The zero-order valence-corrected chi connectivity index (χ0v) is 17.5. The Bertz CT molecular complexity index is 1020. The van der Waals surface area contributed by atoms with Gasteiger partial charge in [-0.1, -0.05) is 6.92 Å². The molecule has 0 spiro atoms. The lowest BCUT2D eigenvalue weighted by atomic mass is 10.2. The SMILES string of the molecule is CCc1nc2c(Br)cc(C)cn2c1C(=O)N1CCN(c2ccc(F)cc2)CC1. The Balaban J connectivity index is 1.58. The van der Waals surface area contributed by atoms with Crippen LogP contribution in [0.3, 0.4) is 0 Å². The lowest BCUT2D eigenvalue weighted by molar-refractivity contribution is 0.0738. The second-order valence-corrected chi connectivity index (χ2v) is 7.93. The molecule has 0 saturated carbocycles. The molecule has 5 nitrogen and oxygen atoms in total. The van der Waals surface area contributed by atoms with Gasteiger partial charge in [-0.05, 0) is 65.2 Å². The first-order chi connectivity index (χ1) is 13.5. The Morgan fingerprint density at radius 2 is 1.86 bits per heavy atom. The van der Waals surface area contributed by atoms with Crippen LogP contribution in [-0.2, 0) is 6.42 Å². The van der Waals surface area contributed by atoms with E-state index in [9.17, 15) is 9.18 Å². The number of halogens is 2.